The number of benzene rings is 1. The first-order chi connectivity index (χ1) is 14.7. The van der Waals surface area contributed by atoms with E-state index < -0.39 is 5.97 Å². The summed E-state index contributed by atoms with van der Waals surface area (Å²) in [4.78, 5) is 11.7. The molecule has 2 saturated carbocycles. The first kappa shape index (κ1) is 18.5. The maximum absolute atomic E-state index is 11.7. The number of aryl methyl sites for hydroxylation is 1. The van der Waals surface area contributed by atoms with Crippen LogP contribution in [-0.4, -0.2) is 17.9 Å². The molecule has 4 nitrogen and oxygen atoms in total. The number of ether oxygens (including phenoxy) is 2. The second-order valence-corrected chi connectivity index (χ2v) is 9.96. The number of allylic oxidation sites excluding steroid dienone is 3. The Kier molecular flexibility index (Phi) is 4.43. The van der Waals surface area contributed by atoms with E-state index in [1.807, 2.05) is 12.1 Å². The molecule has 6 rings (SSSR count). The van der Waals surface area contributed by atoms with E-state index in [2.05, 4.69) is 30.4 Å². The smallest absolute Gasteiger partial charge is 0.310 e. The minimum absolute atomic E-state index is 0.228. The molecule has 0 aromatic heterocycles. The predicted octanol–water partition coefficient (Wildman–Crippen LogP) is 5.09. The molecule has 1 aromatic carbocycles. The lowest BCUT2D eigenvalue weighted by atomic mass is 9.50. The van der Waals surface area contributed by atoms with Crippen molar-refractivity contribution >= 4 is 5.97 Å². The van der Waals surface area contributed by atoms with Gasteiger partial charge in [-0.25, -0.2) is 0 Å². The molecule has 0 saturated heterocycles. The lowest BCUT2D eigenvalue weighted by Gasteiger charge is -2.54. The van der Waals surface area contributed by atoms with E-state index in [0.717, 1.165) is 35.7 Å². The molecule has 4 aliphatic carbocycles. The van der Waals surface area contributed by atoms with Crippen LogP contribution in [0.4, 0.5) is 0 Å². The first-order valence-electron chi connectivity index (χ1n) is 11.7. The van der Waals surface area contributed by atoms with E-state index in [1.54, 1.807) is 0 Å². The molecule has 0 spiro atoms. The molecular weight excluding hydrogens is 376 g/mol. The van der Waals surface area contributed by atoms with Crippen molar-refractivity contribution in [1.82, 2.24) is 0 Å². The third-order valence-corrected chi connectivity index (χ3v) is 8.67. The molecule has 158 valence electrons. The molecule has 8 atom stereocenters. The van der Waals surface area contributed by atoms with E-state index in [9.17, 15) is 9.90 Å². The quantitative estimate of drug-likeness (QED) is 0.506. The van der Waals surface area contributed by atoms with Gasteiger partial charge in [0.15, 0.2) is 11.5 Å². The van der Waals surface area contributed by atoms with Crippen molar-refractivity contribution < 1.29 is 19.4 Å². The van der Waals surface area contributed by atoms with Gasteiger partial charge in [-0.3, -0.25) is 4.79 Å². The molecule has 1 N–H and O–H groups in total. The van der Waals surface area contributed by atoms with Crippen molar-refractivity contribution in [2.45, 2.75) is 38.5 Å². The highest BCUT2D eigenvalue weighted by Gasteiger charge is 2.62. The number of carboxylic acids is 1. The fourth-order valence-electron chi connectivity index (χ4n) is 7.42. The number of hydrogen-bond donors (Lipinski definition) is 1. The van der Waals surface area contributed by atoms with Crippen LogP contribution in [0.25, 0.3) is 0 Å². The molecule has 5 aliphatic rings. The minimum atomic E-state index is -0.653. The summed E-state index contributed by atoms with van der Waals surface area (Å²) in [5.41, 5.74) is 1.34. The molecule has 4 heteroatoms. The fourth-order valence-corrected chi connectivity index (χ4v) is 7.42. The Morgan fingerprint density at radius 2 is 1.83 bits per heavy atom. The fraction of sp³-hybridized carbons (Fsp3) is 0.577. The minimum Gasteiger partial charge on any atom is -0.481 e. The van der Waals surface area contributed by atoms with Crippen LogP contribution in [-0.2, 0) is 11.2 Å². The van der Waals surface area contributed by atoms with E-state index in [1.165, 1.54) is 37.7 Å². The van der Waals surface area contributed by atoms with Gasteiger partial charge in [-0.1, -0.05) is 43.2 Å². The molecule has 1 aliphatic heterocycles. The number of unbranched alkanes of at least 4 members (excludes halogenated alkanes) is 2. The molecule has 1 heterocycles. The standard InChI is InChI=1S/C26H30O4/c27-26(28)20-8-7-16-13-21-17(18-9-10-19(20)24(16)25(18)21)5-3-1-2-4-15-6-11-22-23(12-15)30-14-29-22/h6-12,16-21,24-25H,1-5,13-14H2,(H,27,28)/t16?,17-,18?,19+,20+,21+,24-,25+/m1/s1. The monoisotopic (exact) mass is 406 g/mol. The Hall–Kier alpha value is -2.23. The highest BCUT2D eigenvalue weighted by molar-refractivity contribution is 5.73. The second-order valence-electron chi connectivity index (χ2n) is 9.96. The van der Waals surface area contributed by atoms with Crippen molar-refractivity contribution in [3.8, 4) is 11.5 Å². The lowest BCUT2D eigenvalue weighted by molar-refractivity contribution is -0.143. The molecule has 30 heavy (non-hydrogen) atoms. The summed E-state index contributed by atoms with van der Waals surface area (Å²) in [7, 11) is 0. The number of hydrogen-bond acceptors (Lipinski definition) is 3. The molecule has 0 amide bonds. The van der Waals surface area contributed by atoms with Crippen molar-refractivity contribution in [3.05, 3.63) is 48.1 Å². The van der Waals surface area contributed by atoms with Crippen LogP contribution in [0.15, 0.2) is 42.5 Å². The number of carboxylic acid groups (broad SMARTS) is 1. The van der Waals surface area contributed by atoms with Gasteiger partial charge in [0.25, 0.3) is 0 Å². The third-order valence-electron chi connectivity index (χ3n) is 8.67. The Morgan fingerprint density at radius 3 is 2.73 bits per heavy atom. The van der Waals surface area contributed by atoms with Crippen LogP contribution in [0.3, 0.4) is 0 Å². The number of aliphatic carboxylic acids is 1. The Labute approximate surface area is 178 Å². The molecular formula is C26H30O4. The molecule has 0 radical (unpaired) electrons. The summed E-state index contributed by atoms with van der Waals surface area (Å²) in [6.07, 6.45) is 16.4. The molecule has 1 aromatic rings. The number of fused-ring (bicyclic) bond motifs is 1. The average Bonchev–Trinajstić information content (AvgIpc) is 3.34. The van der Waals surface area contributed by atoms with Crippen molar-refractivity contribution in [3.63, 3.8) is 0 Å². The van der Waals surface area contributed by atoms with Crippen molar-refractivity contribution in [1.29, 1.82) is 0 Å². The van der Waals surface area contributed by atoms with E-state index in [-0.39, 0.29) is 11.8 Å². The van der Waals surface area contributed by atoms with Crippen LogP contribution in [0.5, 0.6) is 11.5 Å². The number of carbonyl (C=O) groups is 1. The summed E-state index contributed by atoms with van der Waals surface area (Å²) >= 11 is 0. The normalized spacial score (nSPS) is 38.9. The van der Waals surface area contributed by atoms with Gasteiger partial charge >= 0.3 is 5.97 Å². The summed E-state index contributed by atoms with van der Waals surface area (Å²) in [5, 5.41) is 9.60. The van der Waals surface area contributed by atoms with Crippen LogP contribution >= 0.6 is 0 Å². The van der Waals surface area contributed by atoms with Crippen LogP contribution in [0.1, 0.15) is 37.7 Å². The highest BCUT2D eigenvalue weighted by Crippen LogP contribution is 2.67. The SMILES string of the molecule is O=C(O)[C@H]1C=CC2C[C@@H]3[C@@H]4C(C=C[C@@H]1[C@@H]24)[C@H]3CCCCCc1ccc2c(c1)OCO2. The Balaban J connectivity index is 1.02. The Morgan fingerprint density at radius 1 is 0.967 bits per heavy atom. The van der Waals surface area contributed by atoms with Crippen molar-refractivity contribution in [2.75, 3.05) is 6.79 Å². The number of rotatable bonds is 7. The zero-order chi connectivity index (χ0) is 20.2. The zero-order valence-corrected chi connectivity index (χ0v) is 17.3. The van der Waals surface area contributed by atoms with Gasteiger partial charge in [-0.2, -0.15) is 0 Å². The Bertz CT molecular complexity index is 902. The van der Waals surface area contributed by atoms with Crippen LogP contribution < -0.4 is 9.47 Å². The lowest BCUT2D eigenvalue weighted by Crippen LogP contribution is -2.50. The van der Waals surface area contributed by atoms with Gasteiger partial charge in [-0.05, 0) is 84.8 Å². The van der Waals surface area contributed by atoms with E-state index >= 15 is 0 Å². The average molecular weight is 407 g/mol. The van der Waals surface area contributed by atoms with E-state index in [4.69, 9.17) is 9.47 Å². The summed E-state index contributed by atoms with van der Waals surface area (Å²) in [5.74, 6) is 5.31. The van der Waals surface area contributed by atoms with Crippen molar-refractivity contribution in [2.24, 2.45) is 47.3 Å². The van der Waals surface area contributed by atoms with Gasteiger partial charge in [0.2, 0.25) is 6.79 Å². The molecule has 2 unspecified atom stereocenters. The van der Waals surface area contributed by atoms with Gasteiger partial charge in [0.1, 0.15) is 0 Å². The predicted molar refractivity (Wildman–Crippen MR) is 113 cm³/mol. The third kappa shape index (κ3) is 2.83. The second kappa shape index (κ2) is 7.18. The molecule has 2 fully saturated rings. The highest BCUT2D eigenvalue weighted by atomic mass is 16.7. The summed E-state index contributed by atoms with van der Waals surface area (Å²) < 4.78 is 10.9. The molecule has 0 bridgehead atoms. The largest absolute Gasteiger partial charge is 0.481 e. The topological polar surface area (TPSA) is 55.8 Å². The van der Waals surface area contributed by atoms with Gasteiger partial charge in [0, 0.05) is 0 Å². The summed E-state index contributed by atoms with van der Waals surface area (Å²) in [6, 6.07) is 6.31. The van der Waals surface area contributed by atoms with Gasteiger partial charge in [-0.15, -0.1) is 0 Å². The zero-order valence-electron chi connectivity index (χ0n) is 17.3. The van der Waals surface area contributed by atoms with E-state index in [0.29, 0.717) is 24.5 Å². The maximum Gasteiger partial charge on any atom is 0.310 e. The summed E-state index contributed by atoms with van der Waals surface area (Å²) in [6.45, 7) is 0.340. The maximum atomic E-state index is 11.7. The van der Waals surface area contributed by atoms with Gasteiger partial charge in [0.05, 0.1) is 5.92 Å². The van der Waals surface area contributed by atoms with Crippen LogP contribution in [0.2, 0.25) is 0 Å². The first-order valence-corrected chi connectivity index (χ1v) is 11.7. The van der Waals surface area contributed by atoms with Crippen LogP contribution in [0, 0.1) is 47.3 Å². The van der Waals surface area contributed by atoms with Gasteiger partial charge < -0.3 is 14.6 Å².